The van der Waals surface area contributed by atoms with E-state index < -0.39 is 6.10 Å². The highest BCUT2D eigenvalue weighted by molar-refractivity contribution is 5.88. The number of rotatable bonds is 6. The number of aliphatic hydroxyl groups excluding tert-OH is 1. The van der Waals surface area contributed by atoms with Gasteiger partial charge in [0.2, 0.25) is 5.91 Å². The fourth-order valence-corrected chi connectivity index (χ4v) is 2.98. The normalized spacial score (nSPS) is 25.7. The van der Waals surface area contributed by atoms with E-state index in [1.807, 2.05) is 0 Å². The van der Waals surface area contributed by atoms with E-state index in [0.29, 0.717) is 12.3 Å². The zero-order valence-corrected chi connectivity index (χ0v) is 14.0. The van der Waals surface area contributed by atoms with Gasteiger partial charge in [0, 0.05) is 12.6 Å². The number of hydrogen-bond donors (Lipinski definition) is 3. The summed E-state index contributed by atoms with van der Waals surface area (Å²) in [5, 5.41) is 12.9. The van der Waals surface area contributed by atoms with Crippen molar-refractivity contribution in [2.24, 2.45) is 0 Å². The Bertz CT molecular complexity index is 496. The summed E-state index contributed by atoms with van der Waals surface area (Å²) in [6, 6.07) is 7.12. The Balaban J connectivity index is 1.75. The minimum absolute atomic E-state index is 0.106. The minimum Gasteiger partial charge on any atom is -0.491 e. The van der Waals surface area contributed by atoms with Gasteiger partial charge in [-0.15, -0.1) is 0 Å². The largest absolute Gasteiger partial charge is 0.491 e. The fourth-order valence-electron chi connectivity index (χ4n) is 2.98. The zero-order valence-electron chi connectivity index (χ0n) is 14.0. The molecule has 0 spiro atoms. The Kier molecular flexibility index (Phi) is 6.38. The Hall–Kier alpha value is -1.63. The number of carbonyl (C=O) groups is 1. The molecule has 1 aromatic rings. The molecule has 1 aliphatic heterocycles. The molecule has 23 heavy (non-hydrogen) atoms. The number of hydrogen-bond acceptors (Lipinski definition) is 4. The first-order chi connectivity index (χ1) is 10.9. The third-order valence-corrected chi connectivity index (χ3v) is 3.76. The highest BCUT2D eigenvalue weighted by Gasteiger charge is 2.27. The van der Waals surface area contributed by atoms with Crippen molar-refractivity contribution < 1.29 is 24.3 Å². The Morgan fingerprint density at radius 3 is 2.52 bits per heavy atom. The van der Waals surface area contributed by atoms with Gasteiger partial charge in [0.15, 0.2) is 0 Å². The quantitative estimate of drug-likeness (QED) is 0.693. The van der Waals surface area contributed by atoms with Gasteiger partial charge in [-0.3, -0.25) is 4.79 Å². The fraction of sp³-hybridized carbons (Fsp3) is 0.588. The van der Waals surface area contributed by atoms with Gasteiger partial charge in [0.05, 0.1) is 0 Å². The lowest BCUT2D eigenvalue weighted by atomic mass is 10.2. The van der Waals surface area contributed by atoms with Crippen molar-refractivity contribution in [1.82, 2.24) is 0 Å². The number of aliphatic hydroxyl groups is 1. The summed E-state index contributed by atoms with van der Waals surface area (Å²) < 4.78 is 11.3. The van der Waals surface area contributed by atoms with Crippen LogP contribution in [0.5, 0.6) is 5.75 Å². The van der Waals surface area contributed by atoms with Gasteiger partial charge in [0.1, 0.15) is 50.3 Å². The van der Waals surface area contributed by atoms with E-state index in [-0.39, 0.29) is 24.7 Å². The molecule has 1 amide bonds. The first-order valence-electron chi connectivity index (χ1n) is 8.10. The summed E-state index contributed by atoms with van der Waals surface area (Å²) in [7, 11) is 0. The molecule has 3 atom stereocenters. The second-order valence-corrected chi connectivity index (χ2v) is 6.29. The number of quaternary nitrogens is 1. The molecule has 0 saturated carbocycles. The predicted molar refractivity (Wildman–Crippen MR) is 87.8 cm³/mol. The highest BCUT2D eigenvalue weighted by atomic mass is 16.5. The average molecular weight is 323 g/mol. The molecule has 0 radical (unpaired) electrons. The van der Waals surface area contributed by atoms with Crippen LogP contribution < -0.4 is 15.0 Å². The molecule has 0 unspecified atom stereocenters. The second-order valence-electron chi connectivity index (χ2n) is 6.29. The lowest BCUT2D eigenvalue weighted by Crippen LogP contribution is -3.16. The molecule has 0 bridgehead atoms. The van der Waals surface area contributed by atoms with Crippen LogP contribution in [0.4, 0.5) is 5.69 Å². The van der Waals surface area contributed by atoms with Crippen LogP contribution in [0, 0.1) is 0 Å². The second kappa shape index (κ2) is 8.29. The molecule has 0 aromatic heterocycles. The van der Waals surface area contributed by atoms with E-state index in [1.165, 1.54) is 11.8 Å². The monoisotopic (exact) mass is 323 g/mol. The number of nitrogens with one attached hydrogen (secondary N) is 2. The Labute approximate surface area is 137 Å². The van der Waals surface area contributed by atoms with Crippen LogP contribution >= 0.6 is 0 Å². The molecule has 1 fully saturated rings. The summed E-state index contributed by atoms with van der Waals surface area (Å²) in [6.45, 7) is 8.33. The van der Waals surface area contributed by atoms with Crippen LogP contribution in [0.2, 0.25) is 0 Å². The topological polar surface area (TPSA) is 72.2 Å². The SMILES string of the molecule is CC(=O)Nc1ccc(OC[C@@H](O)C[NH+]2C[C@@H](C)O[C@H](C)C2)cc1. The van der Waals surface area contributed by atoms with Crippen LogP contribution in [0.25, 0.3) is 0 Å². The van der Waals surface area contributed by atoms with E-state index in [1.54, 1.807) is 24.3 Å². The van der Waals surface area contributed by atoms with Crippen molar-refractivity contribution in [3.63, 3.8) is 0 Å². The van der Waals surface area contributed by atoms with Crippen LogP contribution in [0.3, 0.4) is 0 Å². The van der Waals surface area contributed by atoms with E-state index in [2.05, 4.69) is 19.2 Å². The Morgan fingerprint density at radius 1 is 1.35 bits per heavy atom. The van der Waals surface area contributed by atoms with Crippen molar-refractivity contribution in [2.45, 2.75) is 39.1 Å². The van der Waals surface area contributed by atoms with Gasteiger partial charge in [0.25, 0.3) is 0 Å². The summed E-state index contributed by atoms with van der Waals surface area (Å²) in [4.78, 5) is 12.3. The highest BCUT2D eigenvalue weighted by Crippen LogP contribution is 2.15. The van der Waals surface area contributed by atoms with Gasteiger partial charge >= 0.3 is 0 Å². The standard InChI is InChI=1S/C17H26N2O4/c1-12-8-19(9-13(2)23-12)10-16(21)11-22-17-6-4-15(5-7-17)18-14(3)20/h4-7,12-13,16,21H,8-11H2,1-3H3,(H,18,20)/p+1/t12-,13-,16+/m1/s1. The molecule has 128 valence electrons. The van der Waals surface area contributed by atoms with E-state index in [9.17, 15) is 9.90 Å². The maximum Gasteiger partial charge on any atom is 0.221 e. The molecule has 6 nitrogen and oxygen atoms in total. The van der Waals surface area contributed by atoms with E-state index in [0.717, 1.165) is 18.8 Å². The first-order valence-corrected chi connectivity index (χ1v) is 8.10. The van der Waals surface area contributed by atoms with Crippen molar-refractivity contribution in [1.29, 1.82) is 0 Å². The zero-order chi connectivity index (χ0) is 16.8. The van der Waals surface area contributed by atoms with Crippen LogP contribution in [0.1, 0.15) is 20.8 Å². The van der Waals surface area contributed by atoms with Gasteiger partial charge in [-0.05, 0) is 38.1 Å². The van der Waals surface area contributed by atoms with Crippen LogP contribution in [-0.4, -0.2) is 55.6 Å². The molecular formula is C17H27N2O4+. The number of carbonyl (C=O) groups excluding carboxylic acids is 1. The van der Waals surface area contributed by atoms with Crippen LogP contribution in [0.15, 0.2) is 24.3 Å². The van der Waals surface area contributed by atoms with Crippen molar-refractivity contribution >= 4 is 11.6 Å². The summed E-state index contributed by atoms with van der Waals surface area (Å²) in [5.74, 6) is 0.572. The molecule has 1 aromatic carbocycles. The van der Waals surface area contributed by atoms with Gasteiger partial charge < -0.3 is 24.8 Å². The molecule has 1 heterocycles. The third-order valence-electron chi connectivity index (χ3n) is 3.76. The lowest BCUT2D eigenvalue weighted by Gasteiger charge is -2.33. The number of ether oxygens (including phenoxy) is 2. The molecule has 0 aliphatic carbocycles. The molecule has 2 rings (SSSR count). The predicted octanol–water partition coefficient (Wildman–Crippen LogP) is 0.0768. The smallest absolute Gasteiger partial charge is 0.221 e. The van der Waals surface area contributed by atoms with Gasteiger partial charge in [-0.1, -0.05) is 0 Å². The number of morpholine rings is 1. The van der Waals surface area contributed by atoms with Crippen LogP contribution in [-0.2, 0) is 9.53 Å². The minimum atomic E-state index is -0.516. The van der Waals surface area contributed by atoms with Gasteiger partial charge in [-0.25, -0.2) is 0 Å². The number of benzene rings is 1. The molecule has 1 aliphatic rings. The van der Waals surface area contributed by atoms with Crippen molar-refractivity contribution in [3.05, 3.63) is 24.3 Å². The lowest BCUT2D eigenvalue weighted by molar-refractivity contribution is -0.918. The average Bonchev–Trinajstić information content (AvgIpc) is 2.45. The summed E-state index contributed by atoms with van der Waals surface area (Å²) >= 11 is 0. The number of amides is 1. The molecule has 3 N–H and O–H groups in total. The molecule has 1 saturated heterocycles. The third kappa shape index (κ3) is 6.17. The maximum atomic E-state index is 11.0. The summed E-state index contributed by atoms with van der Waals surface area (Å²) in [5.41, 5.74) is 0.728. The molecular weight excluding hydrogens is 296 g/mol. The van der Waals surface area contributed by atoms with Crippen molar-refractivity contribution in [3.8, 4) is 5.75 Å². The molecule has 6 heteroatoms. The first kappa shape index (κ1) is 17.7. The summed E-state index contributed by atoms with van der Waals surface area (Å²) in [6.07, 6.45) is -0.0658. The Morgan fingerprint density at radius 2 is 1.96 bits per heavy atom. The maximum absolute atomic E-state index is 11.0. The van der Waals surface area contributed by atoms with E-state index >= 15 is 0 Å². The van der Waals surface area contributed by atoms with Gasteiger partial charge in [-0.2, -0.15) is 0 Å². The van der Waals surface area contributed by atoms with E-state index in [4.69, 9.17) is 9.47 Å². The van der Waals surface area contributed by atoms with Crippen molar-refractivity contribution in [2.75, 3.05) is 31.6 Å². The number of anilines is 1.